The third-order valence-corrected chi connectivity index (χ3v) is 3.63. The third kappa shape index (κ3) is 6.01. The molecule has 0 atom stereocenters. The van der Waals surface area contributed by atoms with E-state index in [0.717, 1.165) is 0 Å². The van der Waals surface area contributed by atoms with Gasteiger partial charge in [-0.2, -0.15) is 0 Å². The summed E-state index contributed by atoms with van der Waals surface area (Å²) in [4.78, 5) is 4.15. The van der Waals surface area contributed by atoms with Crippen LogP contribution < -0.4 is 0 Å². The number of aryl methyl sites for hydroxylation is 2. The Morgan fingerprint density at radius 3 is 1.59 bits per heavy atom. The summed E-state index contributed by atoms with van der Waals surface area (Å²) in [6, 6.07) is 10.9. The van der Waals surface area contributed by atoms with E-state index in [9.17, 15) is 0 Å². The zero-order chi connectivity index (χ0) is 17.0. The molecule has 0 bridgehead atoms. The molecule has 0 fully saturated rings. The SMILES string of the molecule is Cc1cccc(C(C)(C)C)c1.Cc1cncc(C(C)(C)C)c1. The fourth-order valence-electron chi connectivity index (χ4n) is 2.08. The summed E-state index contributed by atoms with van der Waals surface area (Å²) in [6.45, 7) is 17.5. The molecule has 1 nitrogen and oxygen atoms in total. The van der Waals surface area contributed by atoms with Crippen LogP contribution in [0.2, 0.25) is 0 Å². The molecule has 0 aliphatic carbocycles. The molecule has 0 saturated heterocycles. The molecule has 0 unspecified atom stereocenters. The summed E-state index contributed by atoms with van der Waals surface area (Å²) >= 11 is 0. The maximum atomic E-state index is 4.15. The van der Waals surface area contributed by atoms with E-state index in [1.807, 2.05) is 12.4 Å². The van der Waals surface area contributed by atoms with Crippen molar-refractivity contribution in [3.05, 3.63) is 65.0 Å². The van der Waals surface area contributed by atoms with E-state index in [1.54, 1.807) is 0 Å². The number of rotatable bonds is 0. The van der Waals surface area contributed by atoms with Crippen LogP contribution in [0.5, 0.6) is 0 Å². The summed E-state index contributed by atoms with van der Waals surface area (Å²) in [6.07, 6.45) is 3.82. The van der Waals surface area contributed by atoms with Gasteiger partial charge in [0.05, 0.1) is 0 Å². The monoisotopic (exact) mass is 297 g/mol. The van der Waals surface area contributed by atoms with Gasteiger partial charge in [0.25, 0.3) is 0 Å². The Morgan fingerprint density at radius 1 is 0.682 bits per heavy atom. The second-order valence-electron chi connectivity index (χ2n) is 8.12. The lowest BCUT2D eigenvalue weighted by atomic mass is 9.86. The third-order valence-electron chi connectivity index (χ3n) is 3.63. The Balaban J connectivity index is 0.000000220. The van der Waals surface area contributed by atoms with E-state index in [0.29, 0.717) is 0 Å². The fourth-order valence-corrected chi connectivity index (χ4v) is 2.08. The lowest BCUT2D eigenvalue weighted by Gasteiger charge is -2.19. The summed E-state index contributed by atoms with van der Waals surface area (Å²) in [5, 5.41) is 0. The smallest absolute Gasteiger partial charge is 0.0305 e. The van der Waals surface area contributed by atoms with Crippen LogP contribution in [-0.4, -0.2) is 4.98 Å². The average Bonchev–Trinajstić information content (AvgIpc) is 2.37. The van der Waals surface area contributed by atoms with E-state index in [2.05, 4.69) is 90.7 Å². The first-order valence-electron chi connectivity index (χ1n) is 7.99. The van der Waals surface area contributed by atoms with Crippen molar-refractivity contribution < 1.29 is 0 Å². The van der Waals surface area contributed by atoms with Crippen LogP contribution in [0.25, 0.3) is 0 Å². The van der Waals surface area contributed by atoms with Gasteiger partial charge in [-0.15, -0.1) is 0 Å². The van der Waals surface area contributed by atoms with Crippen molar-refractivity contribution in [2.45, 2.75) is 66.2 Å². The highest BCUT2D eigenvalue weighted by molar-refractivity contribution is 5.27. The number of aromatic nitrogens is 1. The lowest BCUT2D eigenvalue weighted by Crippen LogP contribution is -2.11. The van der Waals surface area contributed by atoms with Gasteiger partial charge in [-0.1, -0.05) is 77.4 Å². The van der Waals surface area contributed by atoms with Gasteiger partial charge in [-0.25, -0.2) is 0 Å². The highest BCUT2D eigenvalue weighted by Crippen LogP contribution is 2.22. The van der Waals surface area contributed by atoms with Crippen LogP contribution in [-0.2, 0) is 10.8 Å². The molecular weight excluding hydrogens is 266 g/mol. The molecule has 0 aliphatic heterocycles. The van der Waals surface area contributed by atoms with Crippen LogP contribution in [0.1, 0.15) is 63.8 Å². The van der Waals surface area contributed by atoms with Crippen molar-refractivity contribution in [2.24, 2.45) is 0 Å². The number of nitrogens with zero attached hydrogens (tertiary/aromatic N) is 1. The van der Waals surface area contributed by atoms with Gasteiger partial charge in [0.15, 0.2) is 0 Å². The molecule has 0 N–H and O–H groups in total. The standard InChI is InChI=1S/C11H16.C10H15N/c1-9-6-5-7-10(8-9)11(2,3)4;1-8-5-9(7-11-6-8)10(2,3)4/h5-8H,1-4H3;5-7H,1-4H3. The summed E-state index contributed by atoms with van der Waals surface area (Å²) < 4.78 is 0. The summed E-state index contributed by atoms with van der Waals surface area (Å²) in [7, 11) is 0. The Labute approximate surface area is 136 Å². The molecule has 120 valence electrons. The first kappa shape index (κ1) is 18.4. The number of pyridine rings is 1. The lowest BCUT2D eigenvalue weighted by molar-refractivity contribution is 0.587. The van der Waals surface area contributed by atoms with Gasteiger partial charge in [0.2, 0.25) is 0 Å². The predicted molar refractivity (Wildman–Crippen MR) is 97.6 cm³/mol. The van der Waals surface area contributed by atoms with Gasteiger partial charge in [-0.3, -0.25) is 4.98 Å². The zero-order valence-corrected chi connectivity index (χ0v) is 15.5. The molecule has 1 heteroatoms. The second kappa shape index (κ2) is 7.09. The van der Waals surface area contributed by atoms with Crippen molar-refractivity contribution >= 4 is 0 Å². The van der Waals surface area contributed by atoms with E-state index in [-0.39, 0.29) is 10.8 Å². The van der Waals surface area contributed by atoms with Crippen LogP contribution in [0.3, 0.4) is 0 Å². The van der Waals surface area contributed by atoms with Gasteiger partial charge in [0.1, 0.15) is 0 Å². The Morgan fingerprint density at radius 2 is 1.23 bits per heavy atom. The van der Waals surface area contributed by atoms with Gasteiger partial charge >= 0.3 is 0 Å². The maximum absolute atomic E-state index is 4.15. The predicted octanol–water partition coefficient (Wildman–Crippen LogP) is 5.98. The van der Waals surface area contributed by atoms with Crippen LogP contribution in [0, 0.1) is 13.8 Å². The first-order chi connectivity index (χ1) is 10.00. The van der Waals surface area contributed by atoms with Crippen LogP contribution in [0.15, 0.2) is 42.7 Å². The topological polar surface area (TPSA) is 12.9 Å². The Bertz CT molecular complexity index is 542. The highest BCUT2D eigenvalue weighted by atomic mass is 14.6. The number of hydrogen-bond acceptors (Lipinski definition) is 1. The van der Waals surface area contributed by atoms with E-state index >= 15 is 0 Å². The minimum Gasteiger partial charge on any atom is -0.264 e. The highest BCUT2D eigenvalue weighted by Gasteiger charge is 2.13. The maximum Gasteiger partial charge on any atom is 0.0305 e. The molecule has 0 aliphatic rings. The summed E-state index contributed by atoms with van der Waals surface area (Å²) in [5.74, 6) is 0. The molecule has 1 aromatic carbocycles. The Hall–Kier alpha value is -1.63. The number of hydrogen-bond donors (Lipinski definition) is 0. The van der Waals surface area contributed by atoms with Gasteiger partial charge < -0.3 is 0 Å². The van der Waals surface area contributed by atoms with Crippen LogP contribution in [0.4, 0.5) is 0 Å². The molecule has 1 heterocycles. The molecule has 1 aromatic heterocycles. The largest absolute Gasteiger partial charge is 0.264 e. The molecule has 0 radical (unpaired) electrons. The molecule has 0 amide bonds. The van der Waals surface area contributed by atoms with Crippen molar-refractivity contribution in [3.8, 4) is 0 Å². The van der Waals surface area contributed by atoms with Crippen molar-refractivity contribution in [2.75, 3.05) is 0 Å². The normalized spacial score (nSPS) is 11.6. The van der Waals surface area contributed by atoms with E-state index in [1.165, 1.54) is 22.3 Å². The first-order valence-corrected chi connectivity index (χ1v) is 7.99. The van der Waals surface area contributed by atoms with Gasteiger partial charge in [0, 0.05) is 12.4 Å². The zero-order valence-electron chi connectivity index (χ0n) is 15.5. The molecule has 0 spiro atoms. The van der Waals surface area contributed by atoms with Crippen LogP contribution >= 0.6 is 0 Å². The second-order valence-corrected chi connectivity index (χ2v) is 8.12. The molecule has 22 heavy (non-hydrogen) atoms. The fraction of sp³-hybridized carbons (Fsp3) is 0.476. The quantitative estimate of drug-likeness (QED) is 0.583. The number of benzene rings is 1. The minimum absolute atomic E-state index is 0.221. The van der Waals surface area contributed by atoms with E-state index < -0.39 is 0 Å². The average molecular weight is 297 g/mol. The molecule has 0 saturated carbocycles. The van der Waals surface area contributed by atoms with Crippen molar-refractivity contribution in [3.63, 3.8) is 0 Å². The minimum atomic E-state index is 0.221. The molecular formula is C21H31N. The van der Waals surface area contributed by atoms with Crippen molar-refractivity contribution in [1.82, 2.24) is 4.98 Å². The van der Waals surface area contributed by atoms with Gasteiger partial charge in [-0.05, 0) is 41.4 Å². The Kier molecular flexibility index (Phi) is 5.93. The van der Waals surface area contributed by atoms with Crippen molar-refractivity contribution in [1.29, 1.82) is 0 Å². The summed E-state index contributed by atoms with van der Waals surface area (Å²) in [5.41, 5.74) is 5.80. The molecule has 2 rings (SSSR count). The van der Waals surface area contributed by atoms with E-state index in [4.69, 9.17) is 0 Å². The molecule has 2 aromatic rings.